The maximum Gasteiger partial charge on any atom is 0.0577 e. The zero-order valence-corrected chi connectivity index (χ0v) is 7.10. The van der Waals surface area contributed by atoms with Gasteiger partial charge in [0.05, 0.1) is 6.10 Å². The molecular weight excluding hydrogens is 124 g/mol. The van der Waals surface area contributed by atoms with E-state index in [1.807, 2.05) is 0 Å². The second-order valence-electron chi connectivity index (χ2n) is 3.62. The van der Waals surface area contributed by atoms with Crippen molar-refractivity contribution in [1.82, 2.24) is 0 Å². The van der Waals surface area contributed by atoms with E-state index in [0.29, 0.717) is 6.10 Å². The third-order valence-electron chi connectivity index (χ3n) is 2.01. The van der Waals surface area contributed by atoms with Gasteiger partial charge in [-0.15, -0.1) is 0 Å². The minimum absolute atomic E-state index is 0.578. The molecule has 0 aliphatic carbocycles. The van der Waals surface area contributed by atoms with Gasteiger partial charge in [0.2, 0.25) is 0 Å². The van der Waals surface area contributed by atoms with Crippen LogP contribution in [0.1, 0.15) is 39.5 Å². The van der Waals surface area contributed by atoms with Gasteiger partial charge in [0, 0.05) is 6.61 Å². The van der Waals surface area contributed by atoms with Crippen LogP contribution in [0.2, 0.25) is 0 Å². The van der Waals surface area contributed by atoms with Crippen LogP contribution in [0, 0.1) is 5.92 Å². The molecule has 60 valence electrons. The van der Waals surface area contributed by atoms with Gasteiger partial charge in [0.1, 0.15) is 0 Å². The van der Waals surface area contributed by atoms with Crippen LogP contribution in [0.15, 0.2) is 0 Å². The summed E-state index contributed by atoms with van der Waals surface area (Å²) < 4.78 is 5.59. The molecule has 1 aliphatic heterocycles. The highest BCUT2D eigenvalue weighted by atomic mass is 16.5. The summed E-state index contributed by atoms with van der Waals surface area (Å²) in [6, 6.07) is 0. The van der Waals surface area contributed by atoms with Crippen molar-refractivity contribution in [3.05, 3.63) is 0 Å². The van der Waals surface area contributed by atoms with E-state index in [9.17, 15) is 0 Å². The van der Waals surface area contributed by atoms with Crippen molar-refractivity contribution in [2.45, 2.75) is 45.6 Å². The predicted octanol–water partition coefficient (Wildman–Crippen LogP) is 2.60. The normalized spacial score (nSPS) is 27.3. The van der Waals surface area contributed by atoms with Gasteiger partial charge >= 0.3 is 0 Å². The van der Waals surface area contributed by atoms with Crippen LogP contribution in [-0.4, -0.2) is 12.7 Å². The van der Waals surface area contributed by atoms with Crippen molar-refractivity contribution in [3.63, 3.8) is 0 Å². The fourth-order valence-corrected chi connectivity index (χ4v) is 1.52. The Morgan fingerprint density at radius 1 is 1.40 bits per heavy atom. The van der Waals surface area contributed by atoms with Crippen LogP contribution in [0.25, 0.3) is 0 Å². The van der Waals surface area contributed by atoms with Gasteiger partial charge < -0.3 is 4.74 Å². The second kappa shape index (κ2) is 3.97. The fourth-order valence-electron chi connectivity index (χ4n) is 1.52. The SMILES string of the molecule is CC(C)C[C@@H]1CCCCO1. The first kappa shape index (κ1) is 8.06. The molecule has 0 saturated carbocycles. The van der Waals surface area contributed by atoms with Gasteiger partial charge in [-0.3, -0.25) is 0 Å². The Bertz CT molecular complexity index is 82.7. The van der Waals surface area contributed by atoms with Crippen molar-refractivity contribution < 1.29 is 4.74 Å². The van der Waals surface area contributed by atoms with Crippen LogP contribution in [-0.2, 0) is 4.74 Å². The average molecular weight is 142 g/mol. The van der Waals surface area contributed by atoms with E-state index in [-0.39, 0.29) is 0 Å². The molecule has 1 rings (SSSR count). The Balaban J connectivity index is 2.13. The van der Waals surface area contributed by atoms with Gasteiger partial charge in [-0.25, -0.2) is 0 Å². The third-order valence-corrected chi connectivity index (χ3v) is 2.01. The molecular formula is C9H18O. The van der Waals surface area contributed by atoms with Gasteiger partial charge in [-0.05, 0) is 31.6 Å². The molecule has 0 spiro atoms. The van der Waals surface area contributed by atoms with Crippen LogP contribution in [0.4, 0.5) is 0 Å². The summed E-state index contributed by atoms with van der Waals surface area (Å²) in [5, 5.41) is 0. The first-order valence-corrected chi connectivity index (χ1v) is 4.40. The Morgan fingerprint density at radius 3 is 2.70 bits per heavy atom. The zero-order chi connectivity index (χ0) is 7.40. The van der Waals surface area contributed by atoms with Crippen molar-refractivity contribution in [2.24, 2.45) is 5.92 Å². The topological polar surface area (TPSA) is 9.23 Å². The van der Waals surface area contributed by atoms with Crippen LogP contribution in [0.3, 0.4) is 0 Å². The summed E-state index contributed by atoms with van der Waals surface area (Å²) in [4.78, 5) is 0. The van der Waals surface area contributed by atoms with E-state index >= 15 is 0 Å². The lowest BCUT2D eigenvalue weighted by atomic mass is 10.00. The third kappa shape index (κ3) is 2.70. The standard InChI is InChI=1S/C9H18O/c1-8(2)7-9-5-3-4-6-10-9/h8-9H,3-7H2,1-2H3/t9-/m0/s1. The van der Waals surface area contributed by atoms with E-state index in [1.165, 1.54) is 25.7 Å². The van der Waals surface area contributed by atoms with Gasteiger partial charge in [0.15, 0.2) is 0 Å². The highest BCUT2D eigenvalue weighted by Crippen LogP contribution is 2.18. The van der Waals surface area contributed by atoms with E-state index in [0.717, 1.165) is 12.5 Å². The maximum absolute atomic E-state index is 5.59. The number of hydrogen-bond acceptors (Lipinski definition) is 1. The largest absolute Gasteiger partial charge is 0.378 e. The van der Waals surface area contributed by atoms with Gasteiger partial charge in [0.25, 0.3) is 0 Å². The molecule has 1 nitrogen and oxygen atoms in total. The van der Waals surface area contributed by atoms with Crippen molar-refractivity contribution in [3.8, 4) is 0 Å². The Morgan fingerprint density at radius 2 is 2.20 bits per heavy atom. The Hall–Kier alpha value is -0.0400. The molecule has 0 radical (unpaired) electrons. The van der Waals surface area contributed by atoms with E-state index in [4.69, 9.17) is 4.74 Å². The molecule has 0 aromatic rings. The summed E-state index contributed by atoms with van der Waals surface area (Å²) in [7, 11) is 0. The Labute approximate surface area is 63.8 Å². The molecule has 1 fully saturated rings. The lowest BCUT2D eigenvalue weighted by molar-refractivity contribution is 0.00420. The molecule has 1 aliphatic rings. The molecule has 10 heavy (non-hydrogen) atoms. The molecule has 0 amide bonds. The number of ether oxygens (including phenoxy) is 1. The molecule has 1 saturated heterocycles. The average Bonchev–Trinajstić information content (AvgIpc) is 1.88. The second-order valence-corrected chi connectivity index (χ2v) is 3.62. The van der Waals surface area contributed by atoms with Crippen LogP contribution in [0.5, 0.6) is 0 Å². The maximum atomic E-state index is 5.59. The summed E-state index contributed by atoms with van der Waals surface area (Å²) in [6.07, 6.45) is 5.76. The first-order valence-electron chi connectivity index (χ1n) is 4.40. The highest BCUT2D eigenvalue weighted by molar-refractivity contribution is 4.64. The molecule has 1 heterocycles. The smallest absolute Gasteiger partial charge is 0.0577 e. The van der Waals surface area contributed by atoms with Gasteiger partial charge in [-0.2, -0.15) is 0 Å². The van der Waals surface area contributed by atoms with Crippen molar-refractivity contribution in [2.75, 3.05) is 6.61 Å². The van der Waals surface area contributed by atoms with Crippen LogP contribution >= 0.6 is 0 Å². The quantitative estimate of drug-likeness (QED) is 0.576. The molecule has 0 aromatic carbocycles. The first-order chi connectivity index (χ1) is 4.79. The van der Waals surface area contributed by atoms with E-state index in [2.05, 4.69) is 13.8 Å². The number of hydrogen-bond donors (Lipinski definition) is 0. The monoisotopic (exact) mass is 142 g/mol. The summed E-state index contributed by atoms with van der Waals surface area (Å²) >= 11 is 0. The summed E-state index contributed by atoms with van der Waals surface area (Å²) in [5.74, 6) is 0.795. The Kier molecular flexibility index (Phi) is 3.20. The molecule has 1 atom stereocenters. The highest BCUT2D eigenvalue weighted by Gasteiger charge is 2.14. The molecule has 0 unspecified atom stereocenters. The van der Waals surface area contributed by atoms with E-state index < -0.39 is 0 Å². The minimum atomic E-state index is 0.578. The van der Waals surface area contributed by atoms with Gasteiger partial charge in [-0.1, -0.05) is 13.8 Å². The molecule has 0 aromatic heterocycles. The molecule has 0 N–H and O–H groups in total. The zero-order valence-electron chi connectivity index (χ0n) is 7.10. The lowest BCUT2D eigenvalue weighted by Gasteiger charge is -2.23. The predicted molar refractivity (Wildman–Crippen MR) is 43.0 cm³/mol. The minimum Gasteiger partial charge on any atom is -0.378 e. The summed E-state index contributed by atoms with van der Waals surface area (Å²) in [6.45, 7) is 5.52. The number of rotatable bonds is 2. The summed E-state index contributed by atoms with van der Waals surface area (Å²) in [5.41, 5.74) is 0. The van der Waals surface area contributed by atoms with Crippen molar-refractivity contribution in [1.29, 1.82) is 0 Å². The van der Waals surface area contributed by atoms with E-state index in [1.54, 1.807) is 0 Å². The molecule has 1 heteroatoms. The van der Waals surface area contributed by atoms with Crippen LogP contribution < -0.4 is 0 Å². The molecule has 0 bridgehead atoms. The lowest BCUT2D eigenvalue weighted by Crippen LogP contribution is -2.20. The van der Waals surface area contributed by atoms with Crippen molar-refractivity contribution >= 4 is 0 Å². The fraction of sp³-hybridized carbons (Fsp3) is 1.00.